The summed E-state index contributed by atoms with van der Waals surface area (Å²) in [7, 11) is 0. The van der Waals surface area contributed by atoms with Crippen LogP contribution in [-0.2, 0) is 0 Å². The van der Waals surface area contributed by atoms with Gasteiger partial charge in [-0.3, -0.25) is 0 Å². The van der Waals surface area contributed by atoms with Crippen molar-refractivity contribution in [1.29, 1.82) is 0 Å². The molecule has 10 heavy (non-hydrogen) atoms. The van der Waals surface area contributed by atoms with Crippen LogP contribution in [0.1, 0.15) is 33.1 Å². The Hall–Kier alpha value is 0.440. The smallest absolute Gasteiger partial charge is 0.0431 e. The monoisotopic (exact) mass is 208 g/mol. The van der Waals surface area contributed by atoms with E-state index in [1.807, 2.05) is 0 Å². The lowest BCUT2D eigenvalue weighted by Crippen LogP contribution is -2.12. The van der Waals surface area contributed by atoms with Crippen LogP contribution in [0.2, 0.25) is 0 Å². The summed E-state index contributed by atoms with van der Waals surface area (Å²) in [5.74, 6) is 0. The number of unbranched alkanes of at least 4 members (excludes halogenated alkanes) is 1. The standard InChI is InChI=1S/C8H17BrO/c1-8(2,7-9)5-3-4-6-10/h10H,3-7H2,1-2H3. The van der Waals surface area contributed by atoms with Gasteiger partial charge in [0.15, 0.2) is 0 Å². The molecule has 0 aromatic carbocycles. The zero-order chi connectivity index (χ0) is 8.04. The molecule has 0 spiro atoms. The van der Waals surface area contributed by atoms with Gasteiger partial charge in [0, 0.05) is 11.9 Å². The molecular weight excluding hydrogens is 192 g/mol. The Kier molecular flexibility index (Phi) is 5.36. The zero-order valence-corrected chi connectivity index (χ0v) is 8.45. The molecule has 0 saturated heterocycles. The first-order chi connectivity index (χ1) is 4.62. The summed E-state index contributed by atoms with van der Waals surface area (Å²) in [5, 5.41) is 9.57. The minimum absolute atomic E-state index is 0.332. The fourth-order valence-corrected chi connectivity index (χ4v) is 1.06. The topological polar surface area (TPSA) is 20.2 Å². The SMILES string of the molecule is CC(C)(CBr)CCCCO. The second-order valence-electron chi connectivity index (χ2n) is 3.48. The van der Waals surface area contributed by atoms with E-state index in [9.17, 15) is 0 Å². The Labute approximate surface area is 72.0 Å². The highest BCUT2D eigenvalue weighted by Crippen LogP contribution is 2.24. The summed E-state index contributed by atoms with van der Waals surface area (Å²) in [6.07, 6.45) is 3.27. The van der Waals surface area contributed by atoms with Gasteiger partial charge in [0.2, 0.25) is 0 Å². The molecule has 1 N–H and O–H groups in total. The highest BCUT2D eigenvalue weighted by atomic mass is 79.9. The molecule has 0 radical (unpaired) electrons. The van der Waals surface area contributed by atoms with Gasteiger partial charge in [-0.1, -0.05) is 36.2 Å². The van der Waals surface area contributed by atoms with Gasteiger partial charge < -0.3 is 5.11 Å². The van der Waals surface area contributed by atoms with Crippen LogP contribution < -0.4 is 0 Å². The van der Waals surface area contributed by atoms with Crippen molar-refractivity contribution in [3.63, 3.8) is 0 Å². The fraction of sp³-hybridized carbons (Fsp3) is 1.00. The maximum Gasteiger partial charge on any atom is 0.0431 e. The summed E-state index contributed by atoms with van der Waals surface area (Å²) in [6.45, 7) is 4.80. The lowest BCUT2D eigenvalue weighted by atomic mass is 9.90. The van der Waals surface area contributed by atoms with Gasteiger partial charge in [-0.15, -0.1) is 0 Å². The van der Waals surface area contributed by atoms with Crippen molar-refractivity contribution < 1.29 is 5.11 Å². The molecule has 0 amide bonds. The third kappa shape index (κ3) is 5.24. The van der Waals surface area contributed by atoms with E-state index in [0.717, 1.165) is 18.2 Å². The summed E-state index contributed by atoms with van der Waals surface area (Å²) < 4.78 is 0. The van der Waals surface area contributed by atoms with Gasteiger partial charge in [0.05, 0.1) is 0 Å². The highest BCUT2D eigenvalue weighted by Gasteiger charge is 2.14. The average molecular weight is 209 g/mol. The minimum Gasteiger partial charge on any atom is -0.396 e. The van der Waals surface area contributed by atoms with Crippen molar-refractivity contribution in [3.8, 4) is 0 Å². The van der Waals surface area contributed by atoms with E-state index >= 15 is 0 Å². The minimum atomic E-state index is 0.332. The molecule has 0 fully saturated rings. The summed E-state index contributed by atoms with van der Waals surface area (Å²) in [4.78, 5) is 0. The number of aliphatic hydroxyl groups is 1. The number of hydrogen-bond acceptors (Lipinski definition) is 1. The molecule has 0 aromatic rings. The Morgan fingerprint density at radius 1 is 1.30 bits per heavy atom. The third-order valence-corrected chi connectivity index (χ3v) is 3.14. The van der Waals surface area contributed by atoms with Crippen LogP contribution in [0.15, 0.2) is 0 Å². The number of aliphatic hydroxyl groups excluding tert-OH is 1. The molecule has 0 atom stereocenters. The van der Waals surface area contributed by atoms with Crippen LogP contribution in [0.25, 0.3) is 0 Å². The molecule has 62 valence electrons. The van der Waals surface area contributed by atoms with Gasteiger partial charge >= 0.3 is 0 Å². The Morgan fingerprint density at radius 2 is 1.90 bits per heavy atom. The summed E-state index contributed by atoms with van der Waals surface area (Å²) >= 11 is 3.46. The lowest BCUT2D eigenvalue weighted by molar-refractivity contribution is 0.269. The molecule has 1 nitrogen and oxygen atoms in total. The molecule has 2 heteroatoms. The lowest BCUT2D eigenvalue weighted by Gasteiger charge is -2.20. The van der Waals surface area contributed by atoms with Gasteiger partial charge in [0.1, 0.15) is 0 Å². The number of halogens is 1. The maximum atomic E-state index is 8.52. The molecule has 0 saturated carbocycles. The van der Waals surface area contributed by atoms with Crippen molar-refractivity contribution in [2.45, 2.75) is 33.1 Å². The van der Waals surface area contributed by atoms with Crippen LogP contribution in [0.4, 0.5) is 0 Å². The van der Waals surface area contributed by atoms with Crippen LogP contribution in [0, 0.1) is 5.41 Å². The predicted molar refractivity (Wildman–Crippen MR) is 48.5 cm³/mol. The van der Waals surface area contributed by atoms with Crippen molar-refractivity contribution in [3.05, 3.63) is 0 Å². The van der Waals surface area contributed by atoms with E-state index < -0.39 is 0 Å². The third-order valence-electron chi connectivity index (χ3n) is 1.62. The molecule has 0 aromatic heterocycles. The van der Waals surface area contributed by atoms with Crippen LogP contribution in [0.3, 0.4) is 0 Å². The second kappa shape index (κ2) is 5.14. The summed E-state index contributed by atoms with van der Waals surface area (Å²) in [6, 6.07) is 0. The fourth-order valence-electron chi connectivity index (χ4n) is 0.782. The van der Waals surface area contributed by atoms with Crippen molar-refractivity contribution in [2.75, 3.05) is 11.9 Å². The van der Waals surface area contributed by atoms with E-state index in [4.69, 9.17) is 5.11 Å². The maximum absolute atomic E-state index is 8.52. The largest absolute Gasteiger partial charge is 0.396 e. The van der Waals surface area contributed by atoms with Crippen LogP contribution in [0.5, 0.6) is 0 Å². The van der Waals surface area contributed by atoms with Gasteiger partial charge in [-0.25, -0.2) is 0 Å². The van der Waals surface area contributed by atoms with Gasteiger partial charge in [0.25, 0.3) is 0 Å². The molecule has 0 aliphatic heterocycles. The Morgan fingerprint density at radius 3 is 2.30 bits per heavy atom. The van der Waals surface area contributed by atoms with Crippen molar-refractivity contribution >= 4 is 15.9 Å². The second-order valence-corrected chi connectivity index (χ2v) is 4.04. The van der Waals surface area contributed by atoms with Crippen LogP contribution >= 0.6 is 15.9 Å². The summed E-state index contributed by atoms with van der Waals surface area (Å²) in [5.41, 5.74) is 0.398. The van der Waals surface area contributed by atoms with Gasteiger partial charge in [-0.05, 0) is 18.3 Å². The number of rotatable bonds is 5. The van der Waals surface area contributed by atoms with E-state index in [-0.39, 0.29) is 0 Å². The first-order valence-corrected chi connectivity index (χ1v) is 4.91. The molecule has 0 rings (SSSR count). The molecule has 0 aliphatic carbocycles. The molecule has 0 heterocycles. The van der Waals surface area contributed by atoms with E-state index in [1.54, 1.807) is 0 Å². The van der Waals surface area contributed by atoms with E-state index in [1.165, 1.54) is 6.42 Å². The molecule has 0 bridgehead atoms. The van der Waals surface area contributed by atoms with E-state index in [2.05, 4.69) is 29.8 Å². The first-order valence-electron chi connectivity index (χ1n) is 3.79. The average Bonchev–Trinajstić information content (AvgIpc) is 1.89. The number of alkyl halides is 1. The van der Waals surface area contributed by atoms with Crippen molar-refractivity contribution in [2.24, 2.45) is 5.41 Å². The van der Waals surface area contributed by atoms with Crippen molar-refractivity contribution in [1.82, 2.24) is 0 Å². The zero-order valence-electron chi connectivity index (χ0n) is 6.86. The first kappa shape index (κ1) is 10.4. The predicted octanol–water partition coefficient (Wildman–Crippen LogP) is 2.57. The molecule has 0 aliphatic rings. The quantitative estimate of drug-likeness (QED) is 0.545. The highest BCUT2D eigenvalue weighted by molar-refractivity contribution is 9.09. The van der Waals surface area contributed by atoms with Crippen LogP contribution in [-0.4, -0.2) is 17.0 Å². The molecular formula is C8H17BrO. The van der Waals surface area contributed by atoms with Gasteiger partial charge in [-0.2, -0.15) is 0 Å². The van der Waals surface area contributed by atoms with E-state index in [0.29, 0.717) is 12.0 Å². The Bertz CT molecular complexity index is 81.3. The number of hydrogen-bond donors (Lipinski definition) is 1. The molecule has 0 unspecified atom stereocenters. The normalized spacial score (nSPS) is 12.0. The Balaban J connectivity index is 3.28.